The Kier molecular flexibility index (Phi) is 3.71. The number of hydrogen-bond acceptors (Lipinski definition) is 5. The number of aromatic nitrogens is 2. The van der Waals surface area contributed by atoms with Crippen LogP contribution in [0.4, 0.5) is 11.6 Å². The molecule has 0 aliphatic carbocycles. The molecule has 0 aromatic carbocycles. The topological polar surface area (TPSA) is 73.1 Å². The minimum absolute atomic E-state index is 0.0957. The smallest absolute Gasteiger partial charge is 0.138 e. The van der Waals surface area contributed by atoms with Gasteiger partial charge in [0.2, 0.25) is 0 Å². The summed E-state index contributed by atoms with van der Waals surface area (Å²) >= 11 is 0. The monoisotopic (exact) mass is 250 g/mol. The van der Waals surface area contributed by atoms with Crippen molar-refractivity contribution in [1.82, 2.24) is 9.97 Å². The maximum absolute atomic E-state index is 5.85. The molecule has 0 atom stereocenters. The Hall–Kier alpha value is -1.36. The molecule has 0 spiro atoms. The van der Waals surface area contributed by atoms with E-state index >= 15 is 0 Å². The van der Waals surface area contributed by atoms with Crippen LogP contribution in [0.1, 0.15) is 39.4 Å². The highest BCUT2D eigenvalue weighted by Crippen LogP contribution is 2.22. The van der Waals surface area contributed by atoms with Crippen LogP contribution in [0.5, 0.6) is 0 Å². The Labute approximate surface area is 108 Å². The van der Waals surface area contributed by atoms with Gasteiger partial charge in [-0.25, -0.2) is 9.97 Å². The van der Waals surface area contributed by atoms with Crippen LogP contribution in [0, 0.1) is 0 Å². The zero-order chi connectivity index (χ0) is 13.2. The van der Waals surface area contributed by atoms with Gasteiger partial charge in [-0.15, -0.1) is 0 Å². The van der Waals surface area contributed by atoms with Crippen molar-refractivity contribution in [2.24, 2.45) is 0 Å². The molecule has 100 valence electrons. The largest absolute Gasteiger partial charge is 0.384 e. The second kappa shape index (κ2) is 5.10. The summed E-state index contributed by atoms with van der Waals surface area (Å²) in [4.78, 5) is 8.86. The zero-order valence-corrected chi connectivity index (χ0v) is 11.4. The number of nitrogens with two attached hydrogens (primary N) is 1. The molecule has 5 nitrogen and oxygen atoms in total. The van der Waals surface area contributed by atoms with Crippen molar-refractivity contribution in [3.63, 3.8) is 0 Å². The fraction of sp³-hybridized carbons (Fsp3) is 0.692. The van der Waals surface area contributed by atoms with Gasteiger partial charge in [0.15, 0.2) is 0 Å². The molecule has 1 aliphatic heterocycles. The highest BCUT2D eigenvalue weighted by Gasteiger charge is 2.20. The number of ether oxygens (including phenoxy) is 1. The molecule has 0 amide bonds. The van der Waals surface area contributed by atoms with Gasteiger partial charge in [-0.05, 0) is 12.8 Å². The first kappa shape index (κ1) is 13.1. The predicted molar refractivity (Wildman–Crippen MR) is 72.6 cm³/mol. The van der Waals surface area contributed by atoms with Gasteiger partial charge in [-0.3, -0.25) is 0 Å². The van der Waals surface area contributed by atoms with Gasteiger partial charge in [0, 0.05) is 30.7 Å². The van der Waals surface area contributed by atoms with E-state index in [-0.39, 0.29) is 5.41 Å². The lowest BCUT2D eigenvalue weighted by Crippen LogP contribution is -2.29. The maximum atomic E-state index is 5.85. The lowest BCUT2D eigenvalue weighted by molar-refractivity contribution is 0.0904. The molecule has 1 saturated heterocycles. The number of hydrogen-bond donors (Lipinski definition) is 2. The summed E-state index contributed by atoms with van der Waals surface area (Å²) in [5, 5.41) is 3.42. The standard InChI is InChI=1S/C13H22N4O/c1-13(2,3)12-16-10(14)8-11(17-12)15-9-4-6-18-7-5-9/h8-9H,4-7H2,1-3H3,(H3,14,15,16,17). The second-order valence-corrected chi connectivity index (χ2v) is 5.78. The highest BCUT2D eigenvalue weighted by molar-refractivity contribution is 5.46. The Balaban J connectivity index is 2.14. The van der Waals surface area contributed by atoms with E-state index in [0.29, 0.717) is 11.9 Å². The van der Waals surface area contributed by atoms with E-state index in [1.807, 2.05) is 0 Å². The third kappa shape index (κ3) is 3.32. The van der Waals surface area contributed by atoms with Crippen LogP contribution >= 0.6 is 0 Å². The first-order valence-corrected chi connectivity index (χ1v) is 6.44. The molecule has 0 radical (unpaired) electrons. The number of nitrogen functional groups attached to an aromatic ring is 1. The summed E-state index contributed by atoms with van der Waals surface area (Å²) < 4.78 is 5.34. The summed E-state index contributed by atoms with van der Waals surface area (Å²) in [6, 6.07) is 2.21. The van der Waals surface area contributed by atoms with Crippen molar-refractivity contribution in [3.8, 4) is 0 Å². The van der Waals surface area contributed by atoms with Crippen LogP contribution in [0.2, 0.25) is 0 Å². The Morgan fingerprint density at radius 3 is 2.56 bits per heavy atom. The number of rotatable bonds is 2. The van der Waals surface area contributed by atoms with Gasteiger partial charge < -0.3 is 15.8 Å². The zero-order valence-electron chi connectivity index (χ0n) is 11.4. The molecule has 1 aliphatic rings. The summed E-state index contributed by atoms with van der Waals surface area (Å²) in [5.41, 5.74) is 5.75. The fourth-order valence-electron chi connectivity index (χ4n) is 1.93. The van der Waals surface area contributed by atoms with Gasteiger partial charge in [0.25, 0.3) is 0 Å². The first-order chi connectivity index (χ1) is 8.45. The third-order valence-electron chi connectivity index (χ3n) is 2.99. The van der Waals surface area contributed by atoms with Crippen LogP contribution in [-0.2, 0) is 10.2 Å². The fourth-order valence-corrected chi connectivity index (χ4v) is 1.93. The van der Waals surface area contributed by atoms with Crippen molar-refractivity contribution >= 4 is 11.6 Å². The van der Waals surface area contributed by atoms with Crippen molar-refractivity contribution in [2.75, 3.05) is 24.3 Å². The van der Waals surface area contributed by atoms with Crippen molar-refractivity contribution in [3.05, 3.63) is 11.9 Å². The van der Waals surface area contributed by atoms with Crippen LogP contribution in [0.15, 0.2) is 6.07 Å². The molecular formula is C13H22N4O. The summed E-state index contributed by atoms with van der Waals surface area (Å²) in [6.07, 6.45) is 2.02. The van der Waals surface area contributed by atoms with Crippen LogP contribution < -0.4 is 11.1 Å². The van der Waals surface area contributed by atoms with Crippen LogP contribution in [0.25, 0.3) is 0 Å². The van der Waals surface area contributed by atoms with E-state index < -0.39 is 0 Å². The van der Waals surface area contributed by atoms with E-state index in [2.05, 4.69) is 36.1 Å². The molecule has 1 aromatic heterocycles. The maximum Gasteiger partial charge on any atom is 0.138 e. The van der Waals surface area contributed by atoms with E-state index in [0.717, 1.165) is 37.7 Å². The van der Waals surface area contributed by atoms with Gasteiger partial charge in [-0.1, -0.05) is 20.8 Å². The van der Waals surface area contributed by atoms with Crippen molar-refractivity contribution < 1.29 is 4.74 Å². The average molecular weight is 250 g/mol. The molecule has 1 aromatic rings. The number of nitrogens with zero attached hydrogens (tertiary/aromatic N) is 2. The number of anilines is 2. The minimum Gasteiger partial charge on any atom is -0.384 e. The van der Waals surface area contributed by atoms with Gasteiger partial charge in [0.05, 0.1) is 0 Å². The van der Waals surface area contributed by atoms with E-state index in [9.17, 15) is 0 Å². The van der Waals surface area contributed by atoms with Crippen LogP contribution in [0.3, 0.4) is 0 Å². The first-order valence-electron chi connectivity index (χ1n) is 6.44. The molecule has 0 saturated carbocycles. The second-order valence-electron chi connectivity index (χ2n) is 5.78. The molecular weight excluding hydrogens is 228 g/mol. The molecule has 1 fully saturated rings. The van der Waals surface area contributed by atoms with Gasteiger partial charge >= 0.3 is 0 Å². The summed E-state index contributed by atoms with van der Waals surface area (Å²) in [7, 11) is 0. The summed E-state index contributed by atoms with van der Waals surface area (Å²) in [5.74, 6) is 2.11. The SMILES string of the molecule is CC(C)(C)c1nc(N)cc(NC2CCOCC2)n1. The summed E-state index contributed by atoms with van der Waals surface area (Å²) in [6.45, 7) is 7.87. The van der Waals surface area contributed by atoms with Crippen molar-refractivity contribution in [2.45, 2.75) is 45.1 Å². The normalized spacial score (nSPS) is 17.7. The average Bonchev–Trinajstić information content (AvgIpc) is 2.28. The van der Waals surface area contributed by atoms with E-state index in [1.165, 1.54) is 0 Å². The predicted octanol–water partition coefficient (Wildman–Crippen LogP) is 1.95. The van der Waals surface area contributed by atoms with Crippen LogP contribution in [-0.4, -0.2) is 29.2 Å². The van der Waals surface area contributed by atoms with Gasteiger partial charge in [0.1, 0.15) is 17.5 Å². The molecule has 18 heavy (non-hydrogen) atoms. The quantitative estimate of drug-likeness (QED) is 0.839. The molecule has 2 rings (SSSR count). The molecule has 5 heteroatoms. The Morgan fingerprint density at radius 2 is 1.94 bits per heavy atom. The Bertz CT molecular complexity index is 408. The molecule has 0 unspecified atom stereocenters. The van der Waals surface area contributed by atoms with E-state index in [4.69, 9.17) is 10.5 Å². The molecule has 2 heterocycles. The minimum atomic E-state index is -0.0957. The van der Waals surface area contributed by atoms with E-state index in [1.54, 1.807) is 6.07 Å². The lowest BCUT2D eigenvalue weighted by Gasteiger charge is -2.25. The van der Waals surface area contributed by atoms with Crippen molar-refractivity contribution in [1.29, 1.82) is 0 Å². The molecule has 0 bridgehead atoms. The number of nitrogens with one attached hydrogen (secondary N) is 1. The third-order valence-corrected chi connectivity index (χ3v) is 2.99. The van der Waals surface area contributed by atoms with Gasteiger partial charge in [-0.2, -0.15) is 0 Å². The molecule has 3 N–H and O–H groups in total. The lowest BCUT2D eigenvalue weighted by atomic mass is 9.96. The highest BCUT2D eigenvalue weighted by atomic mass is 16.5. The Morgan fingerprint density at radius 1 is 1.28 bits per heavy atom.